The molecule has 138 valence electrons. The average molecular weight is 376 g/mol. The van der Waals surface area contributed by atoms with Crippen LogP contribution in [0.25, 0.3) is 5.65 Å². The number of benzene rings is 1. The van der Waals surface area contributed by atoms with Crippen LogP contribution in [0.4, 0.5) is 18.9 Å². The molecule has 2 N–H and O–H groups in total. The Balaban J connectivity index is 1.69. The van der Waals surface area contributed by atoms with Crippen LogP contribution in [0.3, 0.4) is 0 Å². The van der Waals surface area contributed by atoms with Gasteiger partial charge in [-0.25, -0.2) is 18.2 Å². The Morgan fingerprint density at radius 1 is 1.07 bits per heavy atom. The number of fused-ring (bicyclic) bond motifs is 1. The summed E-state index contributed by atoms with van der Waals surface area (Å²) in [5.41, 5.74) is -1.18. The number of pyridine rings is 1. The summed E-state index contributed by atoms with van der Waals surface area (Å²) in [4.78, 5) is 40.1. The normalized spacial score (nSPS) is 10.6. The van der Waals surface area contributed by atoms with Crippen LogP contribution in [-0.4, -0.2) is 27.7 Å². The molecule has 0 saturated heterocycles. The summed E-state index contributed by atoms with van der Waals surface area (Å²) in [6, 6.07) is 6.32. The summed E-state index contributed by atoms with van der Waals surface area (Å²) in [5, 5.41) is 4.17. The van der Waals surface area contributed by atoms with Crippen LogP contribution in [0.5, 0.6) is 0 Å². The highest BCUT2D eigenvalue weighted by Gasteiger charge is 2.17. The van der Waals surface area contributed by atoms with Crippen molar-refractivity contribution >= 4 is 23.1 Å². The number of nitrogens with one attached hydrogen (secondary N) is 2. The first-order valence-corrected chi connectivity index (χ1v) is 7.56. The van der Waals surface area contributed by atoms with E-state index in [1.165, 1.54) is 6.20 Å². The van der Waals surface area contributed by atoms with Gasteiger partial charge in [0, 0.05) is 12.4 Å². The van der Waals surface area contributed by atoms with Crippen molar-refractivity contribution in [1.29, 1.82) is 0 Å². The molecule has 0 atom stereocenters. The molecule has 2 amide bonds. The molecule has 0 aliphatic heterocycles. The smallest absolute Gasteiger partial charge is 0.270 e. The van der Waals surface area contributed by atoms with Gasteiger partial charge in [-0.2, -0.15) is 0 Å². The van der Waals surface area contributed by atoms with E-state index in [0.717, 1.165) is 16.7 Å². The second-order valence-electron chi connectivity index (χ2n) is 5.36. The summed E-state index contributed by atoms with van der Waals surface area (Å²) >= 11 is 0. The molecule has 2 heterocycles. The van der Waals surface area contributed by atoms with Crippen molar-refractivity contribution in [2.24, 2.45) is 0 Å². The Morgan fingerprint density at radius 2 is 1.85 bits per heavy atom. The van der Waals surface area contributed by atoms with Gasteiger partial charge in [0.05, 0.1) is 12.2 Å². The zero-order valence-electron chi connectivity index (χ0n) is 13.5. The fraction of sp³-hybridized carbons (Fsp3) is 0.0588. The standard InChI is InChI=1S/C17H11F3N4O3/c18-10-4-5-11(15(20)14(10)19)23-13(25)8-22-16(26)9-7-21-12-3-1-2-6-24(12)17(9)27/h1-7H,8H2,(H,22,26)(H,23,25). The highest BCUT2D eigenvalue weighted by molar-refractivity contribution is 5.99. The molecule has 10 heteroatoms. The van der Waals surface area contributed by atoms with Crippen LogP contribution in [0.15, 0.2) is 47.5 Å². The van der Waals surface area contributed by atoms with E-state index in [0.29, 0.717) is 11.7 Å². The molecule has 0 bridgehead atoms. The Kier molecular flexibility index (Phi) is 4.88. The molecular formula is C17H11F3N4O3. The third-order valence-electron chi connectivity index (χ3n) is 3.58. The Labute approximate surface area is 149 Å². The predicted octanol–water partition coefficient (Wildman–Crippen LogP) is 1.48. The molecule has 0 fully saturated rings. The number of halogens is 3. The average Bonchev–Trinajstić information content (AvgIpc) is 2.67. The molecule has 0 aliphatic rings. The van der Waals surface area contributed by atoms with Gasteiger partial charge < -0.3 is 10.6 Å². The maximum Gasteiger partial charge on any atom is 0.270 e. The molecule has 0 spiro atoms. The van der Waals surface area contributed by atoms with E-state index in [1.807, 2.05) is 5.32 Å². The first-order valence-electron chi connectivity index (χ1n) is 7.56. The van der Waals surface area contributed by atoms with Gasteiger partial charge in [-0.15, -0.1) is 0 Å². The first kappa shape index (κ1) is 18.1. The fourth-order valence-electron chi connectivity index (χ4n) is 2.26. The highest BCUT2D eigenvalue weighted by atomic mass is 19.2. The van der Waals surface area contributed by atoms with Crippen molar-refractivity contribution in [3.05, 3.63) is 76.1 Å². The molecule has 0 radical (unpaired) electrons. The van der Waals surface area contributed by atoms with E-state index >= 15 is 0 Å². The largest absolute Gasteiger partial charge is 0.343 e. The zero-order valence-corrected chi connectivity index (χ0v) is 13.5. The molecule has 0 saturated carbocycles. The highest BCUT2D eigenvalue weighted by Crippen LogP contribution is 2.19. The number of amides is 2. The fourth-order valence-corrected chi connectivity index (χ4v) is 2.26. The quantitative estimate of drug-likeness (QED) is 0.675. The maximum absolute atomic E-state index is 13.5. The minimum absolute atomic E-state index is 0.300. The Hall–Kier alpha value is -3.69. The van der Waals surface area contributed by atoms with Crippen LogP contribution < -0.4 is 16.2 Å². The van der Waals surface area contributed by atoms with Gasteiger partial charge in [0.1, 0.15) is 11.2 Å². The minimum Gasteiger partial charge on any atom is -0.343 e. The Morgan fingerprint density at radius 3 is 2.63 bits per heavy atom. The van der Waals surface area contributed by atoms with Crippen LogP contribution in [0, 0.1) is 17.5 Å². The van der Waals surface area contributed by atoms with E-state index in [9.17, 15) is 27.6 Å². The molecule has 1 aromatic carbocycles. The summed E-state index contributed by atoms with van der Waals surface area (Å²) in [6.45, 7) is -0.631. The topological polar surface area (TPSA) is 92.6 Å². The first-order chi connectivity index (χ1) is 12.9. The molecule has 7 nitrogen and oxygen atoms in total. The number of carbonyl (C=O) groups excluding carboxylic acids is 2. The monoisotopic (exact) mass is 376 g/mol. The van der Waals surface area contributed by atoms with Crippen molar-refractivity contribution in [2.75, 3.05) is 11.9 Å². The van der Waals surface area contributed by atoms with E-state index in [2.05, 4.69) is 10.3 Å². The van der Waals surface area contributed by atoms with Crippen LogP contribution >= 0.6 is 0 Å². The number of carbonyl (C=O) groups is 2. The molecule has 2 aromatic heterocycles. The molecular weight excluding hydrogens is 365 g/mol. The van der Waals surface area contributed by atoms with Gasteiger partial charge in [-0.3, -0.25) is 18.8 Å². The molecule has 0 unspecified atom stereocenters. The summed E-state index contributed by atoms with van der Waals surface area (Å²) in [6.07, 6.45) is 2.50. The van der Waals surface area contributed by atoms with Crippen molar-refractivity contribution in [1.82, 2.24) is 14.7 Å². The van der Waals surface area contributed by atoms with Crippen LogP contribution in [0.1, 0.15) is 10.4 Å². The summed E-state index contributed by atoms with van der Waals surface area (Å²) < 4.78 is 40.7. The van der Waals surface area contributed by atoms with E-state index in [-0.39, 0.29) is 5.56 Å². The van der Waals surface area contributed by atoms with E-state index < -0.39 is 47.1 Å². The molecule has 3 rings (SSSR count). The number of hydrogen-bond donors (Lipinski definition) is 2. The minimum atomic E-state index is -1.73. The number of aromatic nitrogens is 2. The second-order valence-corrected chi connectivity index (χ2v) is 5.36. The predicted molar refractivity (Wildman–Crippen MR) is 88.7 cm³/mol. The summed E-state index contributed by atoms with van der Waals surface area (Å²) in [7, 11) is 0. The zero-order chi connectivity index (χ0) is 19.6. The van der Waals surface area contributed by atoms with Crippen molar-refractivity contribution in [3.8, 4) is 0 Å². The van der Waals surface area contributed by atoms with Crippen molar-refractivity contribution < 1.29 is 22.8 Å². The lowest BCUT2D eigenvalue weighted by Gasteiger charge is -2.08. The number of anilines is 1. The number of rotatable bonds is 4. The lowest BCUT2D eigenvalue weighted by atomic mass is 10.2. The number of nitrogens with zero attached hydrogens (tertiary/aromatic N) is 2. The van der Waals surface area contributed by atoms with Gasteiger partial charge in [0.2, 0.25) is 5.91 Å². The molecule has 3 aromatic rings. The van der Waals surface area contributed by atoms with Gasteiger partial charge in [0.15, 0.2) is 17.5 Å². The molecule has 27 heavy (non-hydrogen) atoms. The third-order valence-corrected chi connectivity index (χ3v) is 3.58. The number of hydrogen-bond acceptors (Lipinski definition) is 4. The van der Waals surface area contributed by atoms with Crippen LogP contribution in [0.2, 0.25) is 0 Å². The van der Waals surface area contributed by atoms with Crippen LogP contribution in [-0.2, 0) is 4.79 Å². The van der Waals surface area contributed by atoms with E-state index in [4.69, 9.17) is 0 Å². The van der Waals surface area contributed by atoms with Gasteiger partial charge in [-0.1, -0.05) is 6.07 Å². The summed E-state index contributed by atoms with van der Waals surface area (Å²) in [5.74, 6) is -6.46. The second kappa shape index (κ2) is 7.28. The van der Waals surface area contributed by atoms with Crippen molar-refractivity contribution in [2.45, 2.75) is 0 Å². The lowest BCUT2D eigenvalue weighted by Crippen LogP contribution is -2.36. The van der Waals surface area contributed by atoms with E-state index in [1.54, 1.807) is 18.2 Å². The Bertz CT molecular complexity index is 1110. The maximum atomic E-state index is 13.5. The van der Waals surface area contributed by atoms with Gasteiger partial charge in [0.25, 0.3) is 11.5 Å². The third kappa shape index (κ3) is 3.64. The van der Waals surface area contributed by atoms with Gasteiger partial charge in [-0.05, 0) is 24.3 Å². The lowest BCUT2D eigenvalue weighted by molar-refractivity contribution is -0.115. The SMILES string of the molecule is O=C(CNC(=O)c1cnc2ccccn2c1=O)Nc1ccc(F)c(F)c1F. The van der Waals surface area contributed by atoms with Crippen molar-refractivity contribution in [3.63, 3.8) is 0 Å². The molecule has 0 aliphatic carbocycles. The van der Waals surface area contributed by atoms with Gasteiger partial charge >= 0.3 is 0 Å².